The molecule has 0 heterocycles. The Kier molecular flexibility index (Phi) is 6.86. The fourth-order valence-electron chi connectivity index (χ4n) is 1.81. The fourth-order valence-corrected chi connectivity index (χ4v) is 2.17. The number of halogens is 1. The lowest BCUT2D eigenvalue weighted by Crippen LogP contribution is -2.37. The van der Waals surface area contributed by atoms with Gasteiger partial charge in [0.15, 0.2) is 0 Å². The van der Waals surface area contributed by atoms with Gasteiger partial charge in [-0.15, -0.1) is 0 Å². The van der Waals surface area contributed by atoms with Gasteiger partial charge in [0.1, 0.15) is 18.1 Å². The Morgan fingerprint density at radius 1 is 0.958 bits per heavy atom. The third-order valence-electron chi connectivity index (χ3n) is 3.02. The number of anilines is 1. The Morgan fingerprint density at radius 3 is 2.21 bits per heavy atom. The van der Waals surface area contributed by atoms with E-state index in [4.69, 9.17) is 9.47 Å². The van der Waals surface area contributed by atoms with Crippen molar-refractivity contribution in [2.75, 3.05) is 25.6 Å². The van der Waals surface area contributed by atoms with Gasteiger partial charge in [0.25, 0.3) is 0 Å². The summed E-state index contributed by atoms with van der Waals surface area (Å²) in [7, 11) is 1.59. The number of hydrogen-bond acceptors (Lipinski definition) is 4. The third kappa shape index (κ3) is 5.73. The van der Waals surface area contributed by atoms with Gasteiger partial charge in [0.05, 0.1) is 13.7 Å². The highest BCUT2D eigenvalue weighted by atomic mass is 127. The van der Waals surface area contributed by atoms with Crippen LogP contribution in [0.5, 0.6) is 11.5 Å². The van der Waals surface area contributed by atoms with E-state index in [1.165, 1.54) is 0 Å². The van der Waals surface area contributed by atoms with Crippen molar-refractivity contribution in [2.45, 2.75) is 0 Å². The van der Waals surface area contributed by atoms with Crippen molar-refractivity contribution in [1.82, 2.24) is 5.32 Å². The molecule has 0 spiro atoms. The molecule has 2 rings (SSSR count). The Balaban J connectivity index is 1.70. The molecule has 0 saturated heterocycles. The smallest absolute Gasteiger partial charge is 0.313 e. The number of hydrogen-bond donors (Lipinski definition) is 2. The molecule has 0 bridgehead atoms. The number of rotatable bonds is 6. The van der Waals surface area contributed by atoms with Crippen molar-refractivity contribution >= 4 is 40.1 Å². The maximum Gasteiger partial charge on any atom is 0.313 e. The van der Waals surface area contributed by atoms with E-state index in [1.807, 2.05) is 12.1 Å². The van der Waals surface area contributed by atoms with E-state index in [0.29, 0.717) is 11.4 Å². The molecule has 0 atom stereocenters. The number of carbonyl (C=O) groups excluding carboxylic acids is 2. The first-order chi connectivity index (χ1) is 11.6. The van der Waals surface area contributed by atoms with Gasteiger partial charge in [-0.2, -0.15) is 0 Å². The molecule has 0 aliphatic heterocycles. The van der Waals surface area contributed by atoms with Crippen LogP contribution >= 0.6 is 22.6 Å². The molecule has 2 N–H and O–H groups in total. The molecular formula is C17H17IN2O4. The third-order valence-corrected chi connectivity index (χ3v) is 3.74. The molecule has 7 heteroatoms. The highest BCUT2D eigenvalue weighted by Crippen LogP contribution is 2.16. The number of amides is 2. The first-order valence-electron chi connectivity index (χ1n) is 7.20. The van der Waals surface area contributed by atoms with E-state index in [1.54, 1.807) is 43.5 Å². The van der Waals surface area contributed by atoms with Gasteiger partial charge in [-0.25, -0.2) is 0 Å². The molecule has 0 radical (unpaired) electrons. The van der Waals surface area contributed by atoms with Crippen LogP contribution in [0.4, 0.5) is 5.69 Å². The van der Waals surface area contributed by atoms with Crippen LogP contribution < -0.4 is 20.1 Å². The van der Waals surface area contributed by atoms with Crippen LogP contribution in [0.3, 0.4) is 0 Å². The molecule has 6 nitrogen and oxygen atoms in total. The second-order valence-electron chi connectivity index (χ2n) is 4.74. The van der Waals surface area contributed by atoms with Crippen molar-refractivity contribution in [3.63, 3.8) is 0 Å². The Hall–Kier alpha value is -2.29. The summed E-state index contributed by atoms with van der Waals surface area (Å²) in [6.07, 6.45) is 0. The standard InChI is InChI=1S/C17H17IN2O4/c1-23-14-6-8-15(9-7-14)24-11-10-19-16(21)17(22)20-13-4-2-12(18)3-5-13/h2-9H,10-11H2,1H3,(H,19,21)(H,20,22). The van der Waals surface area contributed by atoms with Crippen LogP contribution in [0, 0.1) is 3.57 Å². The minimum Gasteiger partial charge on any atom is -0.497 e. The maximum atomic E-state index is 11.8. The van der Waals surface area contributed by atoms with Crippen LogP contribution in [0.25, 0.3) is 0 Å². The summed E-state index contributed by atoms with van der Waals surface area (Å²) >= 11 is 2.16. The van der Waals surface area contributed by atoms with E-state index in [0.717, 1.165) is 9.32 Å². The zero-order chi connectivity index (χ0) is 17.4. The lowest BCUT2D eigenvalue weighted by Gasteiger charge is -2.09. The molecule has 0 unspecified atom stereocenters. The minimum atomic E-state index is -0.708. The Morgan fingerprint density at radius 2 is 1.58 bits per heavy atom. The summed E-state index contributed by atoms with van der Waals surface area (Å²) in [6, 6.07) is 14.3. The molecule has 0 aliphatic carbocycles. The topological polar surface area (TPSA) is 76.7 Å². The fraction of sp³-hybridized carbons (Fsp3) is 0.176. The van der Waals surface area contributed by atoms with Crippen molar-refractivity contribution < 1.29 is 19.1 Å². The largest absolute Gasteiger partial charge is 0.497 e. The summed E-state index contributed by atoms with van der Waals surface area (Å²) in [6.45, 7) is 0.486. The molecular weight excluding hydrogens is 423 g/mol. The molecule has 2 amide bonds. The van der Waals surface area contributed by atoms with Gasteiger partial charge in [-0.1, -0.05) is 0 Å². The predicted molar refractivity (Wildman–Crippen MR) is 99.3 cm³/mol. The van der Waals surface area contributed by atoms with Gasteiger partial charge in [-0.3, -0.25) is 9.59 Å². The van der Waals surface area contributed by atoms with E-state index in [9.17, 15) is 9.59 Å². The monoisotopic (exact) mass is 440 g/mol. The average molecular weight is 440 g/mol. The van der Waals surface area contributed by atoms with Crippen LogP contribution in [0.1, 0.15) is 0 Å². The Labute approximate surface area is 153 Å². The second-order valence-corrected chi connectivity index (χ2v) is 5.99. The highest BCUT2D eigenvalue weighted by molar-refractivity contribution is 14.1. The normalized spacial score (nSPS) is 9.92. The van der Waals surface area contributed by atoms with Crippen LogP contribution in [-0.4, -0.2) is 32.1 Å². The van der Waals surface area contributed by atoms with Crippen LogP contribution in [0.15, 0.2) is 48.5 Å². The first-order valence-corrected chi connectivity index (χ1v) is 8.28. The lowest BCUT2D eigenvalue weighted by atomic mass is 10.3. The van der Waals surface area contributed by atoms with Gasteiger partial charge in [0.2, 0.25) is 0 Å². The van der Waals surface area contributed by atoms with E-state index < -0.39 is 11.8 Å². The molecule has 2 aromatic rings. The van der Waals surface area contributed by atoms with Crippen LogP contribution in [0.2, 0.25) is 0 Å². The van der Waals surface area contributed by atoms with Gasteiger partial charge in [-0.05, 0) is 71.1 Å². The van der Waals surface area contributed by atoms with E-state index in [2.05, 4.69) is 33.2 Å². The number of nitrogens with one attached hydrogen (secondary N) is 2. The summed E-state index contributed by atoms with van der Waals surface area (Å²) in [4.78, 5) is 23.5. The number of methoxy groups -OCH3 is 1. The molecule has 0 aliphatic rings. The van der Waals surface area contributed by atoms with Gasteiger partial charge >= 0.3 is 11.8 Å². The summed E-state index contributed by atoms with van der Waals surface area (Å²) in [5, 5.41) is 5.04. The van der Waals surface area contributed by atoms with Crippen LogP contribution in [-0.2, 0) is 9.59 Å². The highest BCUT2D eigenvalue weighted by Gasteiger charge is 2.12. The number of benzene rings is 2. The maximum absolute atomic E-state index is 11.8. The van der Waals surface area contributed by atoms with Crippen molar-refractivity contribution in [3.8, 4) is 11.5 Å². The molecule has 126 valence electrons. The molecule has 2 aromatic carbocycles. The molecule has 24 heavy (non-hydrogen) atoms. The molecule has 0 fully saturated rings. The minimum absolute atomic E-state index is 0.227. The zero-order valence-corrected chi connectivity index (χ0v) is 15.2. The second kappa shape index (κ2) is 9.11. The SMILES string of the molecule is COc1ccc(OCCNC(=O)C(=O)Nc2ccc(I)cc2)cc1. The van der Waals surface area contributed by atoms with Gasteiger partial charge in [0, 0.05) is 9.26 Å². The van der Waals surface area contributed by atoms with Crippen molar-refractivity contribution in [2.24, 2.45) is 0 Å². The Bertz CT molecular complexity index is 687. The number of ether oxygens (including phenoxy) is 2. The number of carbonyl (C=O) groups is 2. The summed E-state index contributed by atoms with van der Waals surface area (Å²) in [5.74, 6) is -0.0103. The van der Waals surface area contributed by atoms with Crippen molar-refractivity contribution in [1.29, 1.82) is 0 Å². The van der Waals surface area contributed by atoms with E-state index in [-0.39, 0.29) is 13.2 Å². The zero-order valence-electron chi connectivity index (χ0n) is 13.0. The average Bonchev–Trinajstić information content (AvgIpc) is 2.61. The predicted octanol–water partition coefficient (Wildman–Crippen LogP) is 2.43. The molecule has 0 saturated carbocycles. The quantitative estimate of drug-likeness (QED) is 0.411. The van der Waals surface area contributed by atoms with E-state index >= 15 is 0 Å². The summed E-state index contributed by atoms with van der Waals surface area (Å²) in [5.41, 5.74) is 0.574. The molecule has 0 aromatic heterocycles. The first kappa shape index (κ1) is 18.1. The lowest BCUT2D eigenvalue weighted by molar-refractivity contribution is -0.136. The van der Waals surface area contributed by atoms with Crippen molar-refractivity contribution in [3.05, 3.63) is 52.1 Å². The summed E-state index contributed by atoms with van der Waals surface area (Å²) < 4.78 is 11.6. The van der Waals surface area contributed by atoms with Gasteiger partial charge < -0.3 is 20.1 Å².